The van der Waals surface area contributed by atoms with E-state index in [4.69, 9.17) is 23.5 Å². The summed E-state index contributed by atoms with van der Waals surface area (Å²) in [7, 11) is -5.07. The summed E-state index contributed by atoms with van der Waals surface area (Å²) in [5, 5.41) is 30.5. The number of allylic oxidation sites excluding steroid dienone is 12. The largest absolute Gasteiger partial charge is 0.457 e. The third-order valence-corrected chi connectivity index (χ3v) is 9.07. The molecular weight excluding hydrogens is 729 g/mol. The van der Waals surface area contributed by atoms with Gasteiger partial charge in [-0.05, 0) is 51.4 Å². The molecule has 316 valence electrons. The van der Waals surface area contributed by atoms with E-state index in [0.29, 0.717) is 13.0 Å². The molecule has 0 saturated carbocycles. The Hall–Kier alpha value is -2.46. The molecule has 0 aromatic carbocycles. The Balaban J connectivity index is 2.53. The summed E-state index contributed by atoms with van der Waals surface area (Å²) >= 11 is 0. The fourth-order valence-electron chi connectivity index (χ4n) is 5.58. The average Bonchev–Trinajstić information content (AvgIpc) is 3.15. The Bertz CT molecular complexity index is 1240. The summed E-state index contributed by atoms with van der Waals surface area (Å²) in [5.41, 5.74) is 0. The van der Waals surface area contributed by atoms with Gasteiger partial charge in [0, 0.05) is 13.0 Å². The van der Waals surface area contributed by atoms with Gasteiger partial charge in [-0.1, -0.05) is 138 Å². The molecule has 0 radical (unpaired) electrons. The fraction of sp³-hybridized carbons (Fsp3) is 0.690. The topological polar surface area (TPSA) is 178 Å². The lowest BCUT2D eigenvalue weighted by Gasteiger charge is -2.41. The molecule has 0 aliphatic carbocycles. The molecule has 0 amide bonds. The maximum absolute atomic E-state index is 12.7. The van der Waals surface area contributed by atoms with E-state index in [1.54, 1.807) is 0 Å². The van der Waals surface area contributed by atoms with Crippen LogP contribution in [0.15, 0.2) is 72.9 Å². The van der Waals surface area contributed by atoms with Crippen molar-refractivity contribution in [1.29, 1.82) is 0 Å². The quantitative estimate of drug-likeness (QED) is 0.0222. The molecule has 1 aliphatic heterocycles. The van der Waals surface area contributed by atoms with E-state index < -0.39 is 59.8 Å². The highest BCUT2D eigenvalue weighted by Crippen LogP contribution is 2.26. The van der Waals surface area contributed by atoms with Gasteiger partial charge in [0.15, 0.2) is 6.29 Å². The van der Waals surface area contributed by atoms with Crippen molar-refractivity contribution >= 4 is 16.4 Å². The molecule has 6 atom stereocenters. The molecule has 0 aromatic heterocycles. The first-order valence-corrected chi connectivity index (χ1v) is 21.6. The predicted molar refractivity (Wildman–Crippen MR) is 216 cm³/mol. The smallest absolute Gasteiger partial charge is 0.397 e. The number of unbranched alkanes of at least 4 members (excludes halogenated alkanes) is 8. The summed E-state index contributed by atoms with van der Waals surface area (Å²) in [6.07, 6.45) is 32.5. The standard InChI is InChI=1S/C42H70O12S/c1-3-5-7-9-11-13-14-15-16-17-18-19-20-21-22-23-25-27-29-31-38(44)52-36(34-50-32-30-28-26-24-12-10-8-6-4-2)35-51-42-40(46)41(54-55(47,48)49)39(45)37(33-43)53-42/h5,7,11,13,15-16,18-19,21-22,25,27,36-37,39-43,45-46H,3-4,6,8-10,12,14,17,20,23-24,26,28-35H2,1-2H3,(H,47,48,49)/b7-5-,13-11-,16-15-,19-18-,22-21-,27-25-. The van der Waals surface area contributed by atoms with Gasteiger partial charge in [-0.15, -0.1) is 0 Å². The van der Waals surface area contributed by atoms with Crippen LogP contribution in [0.3, 0.4) is 0 Å². The third kappa shape index (κ3) is 27.7. The van der Waals surface area contributed by atoms with Crippen molar-refractivity contribution < 1.29 is 56.2 Å². The van der Waals surface area contributed by atoms with E-state index in [1.807, 2.05) is 12.2 Å². The van der Waals surface area contributed by atoms with Crippen LogP contribution in [0.25, 0.3) is 0 Å². The van der Waals surface area contributed by atoms with Gasteiger partial charge >= 0.3 is 16.4 Å². The van der Waals surface area contributed by atoms with Crippen LogP contribution in [-0.4, -0.2) is 97.5 Å². The number of hydrogen-bond donors (Lipinski definition) is 4. The molecule has 1 saturated heterocycles. The predicted octanol–water partition coefficient (Wildman–Crippen LogP) is 7.57. The van der Waals surface area contributed by atoms with Crippen molar-refractivity contribution in [2.24, 2.45) is 0 Å². The average molecular weight is 799 g/mol. The van der Waals surface area contributed by atoms with Crippen molar-refractivity contribution in [1.82, 2.24) is 0 Å². The van der Waals surface area contributed by atoms with E-state index in [1.165, 1.54) is 38.5 Å². The Labute approximate surface area is 331 Å². The molecule has 1 rings (SSSR count). The van der Waals surface area contributed by atoms with Gasteiger partial charge in [0.25, 0.3) is 0 Å². The van der Waals surface area contributed by atoms with E-state index >= 15 is 0 Å². The highest BCUT2D eigenvalue weighted by Gasteiger charge is 2.48. The second kappa shape index (κ2) is 33.7. The van der Waals surface area contributed by atoms with E-state index in [9.17, 15) is 28.5 Å². The number of ether oxygens (including phenoxy) is 4. The van der Waals surface area contributed by atoms with Crippen molar-refractivity contribution in [3.8, 4) is 0 Å². The van der Waals surface area contributed by atoms with Crippen LogP contribution in [0, 0.1) is 0 Å². The Morgan fingerprint density at radius 2 is 1.22 bits per heavy atom. The first-order chi connectivity index (χ1) is 26.6. The lowest BCUT2D eigenvalue weighted by Crippen LogP contribution is -2.60. The number of aliphatic hydroxyl groups excluding tert-OH is 3. The van der Waals surface area contributed by atoms with Crippen molar-refractivity contribution in [2.75, 3.05) is 26.4 Å². The molecular formula is C42H70O12S. The second-order valence-corrected chi connectivity index (χ2v) is 14.5. The number of aliphatic hydroxyl groups is 3. The summed E-state index contributed by atoms with van der Waals surface area (Å²) in [6, 6.07) is 0. The van der Waals surface area contributed by atoms with Crippen LogP contribution < -0.4 is 0 Å². The minimum Gasteiger partial charge on any atom is -0.457 e. The van der Waals surface area contributed by atoms with Crippen molar-refractivity contribution in [2.45, 2.75) is 160 Å². The van der Waals surface area contributed by atoms with Crippen LogP contribution in [0.5, 0.6) is 0 Å². The van der Waals surface area contributed by atoms with E-state index in [-0.39, 0.29) is 19.6 Å². The summed E-state index contributed by atoms with van der Waals surface area (Å²) in [6.45, 7) is 3.73. The van der Waals surface area contributed by atoms with Crippen LogP contribution in [0.4, 0.5) is 0 Å². The number of esters is 1. The van der Waals surface area contributed by atoms with Crippen LogP contribution in [-0.2, 0) is 38.3 Å². The monoisotopic (exact) mass is 798 g/mol. The van der Waals surface area contributed by atoms with Crippen LogP contribution >= 0.6 is 0 Å². The van der Waals surface area contributed by atoms with Gasteiger partial charge in [-0.25, -0.2) is 4.18 Å². The molecule has 0 spiro atoms. The minimum absolute atomic E-state index is 0.00247. The molecule has 55 heavy (non-hydrogen) atoms. The summed E-state index contributed by atoms with van der Waals surface area (Å²) in [5.74, 6) is -0.485. The second-order valence-electron chi connectivity index (χ2n) is 13.5. The van der Waals surface area contributed by atoms with E-state index in [0.717, 1.165) is 57.8 Å². The summed E-state index contributed by atoms with van der Waals surface area (Å²) < 4.78 is 58.7. The zero-order valence-corrected chi connectivity index (χ0v) is 34.0. The lowest BCUT2D eigenvalue weighted by atomic mass is 9.99. The van der Waals surface area contributed by atoms with Crippen molar-refractivity contribution in [3.05, 3.63) is 72.9 Å². The molecule has 4 N–H and O–H groups in total. The van der Waals surface area contributed by atoms with Crippen LogP contribution in [0.1, 0.15) is 123 Å². The number of rotatable bonds is 33. The zero-order valence-electron chi connectivity index (χ0n) is 33.2. The minimum atomic E-state index is -5.07. The number of carbonyl (C=O) groups is 1. The highest BCUT2D eigenvalue weighted by atomic mass is 32.3. The SMILES string of the molecule is CC/C=C\C/C=C\C/C=C\C/C=C\C/C=C\C/C=C\CCC(=O)OC(COCCCCCCCCCCC)COC1OC(CO)C(O)C(OS(=O)(=O)O)C1O. The lowest BCUT2D eigenvalue weighted by molar-refractivity contribution is -0.301. The molecule has 12 nitrogen and oxygen atoms in total. The Morgan fingerprint density at radius 3 is 1.73 bits per heavy atom. The fourth-order valence-corrected chi connectivity index (χ4v) is 6.09. The number of carbonyl (C=O) groups excluding carboxylic acids is 1. The van der Waals surface area contributed by atoms with E-state index in [2.05, 4.69) is 78.8 Å². The van der Waals surface area contributed by atoms with Gasteiger partial charge in [0.2, 0.25) is 0 Å². The maximum atomic E-state index is 12.7. The van der Waals surface area contributed by atoms with Gasteiger partial charge in [0.05, 0.1) is 19.8 Å². The van der Waals surface area contributed by atoms with Gasteiger partial charge in [0.1, 0.15) is 30.5 Å². The third-order valence-electron chi connectivity index (χ3n) is 8.61. The highest BCUT2D eigenvalue weighted by molar-refractivity contribution is 7.80. The number of hydrogen-bond acceptors (Lipinski definition) is 11. The molecule has 0 bridgehead atoms. The molecule has 6 unspecified atom stereocenters. The van der Waals surface area contributed by atoms with Gasteiger partial charge in [-0.3, -0.25) is 9.35 Å². The molecule has 1 fully saturated rings. The van der Waals surface area contributed by atoms with Gasteiger partial charge < -0.3 is 34.3 Å². The van der Waals surface area contributed by atoms with Gasteiger partial charge in [-0.2, -0.15) is 8.42 Å². The molecule has 1 heterocycles. The van der Waals surface area contributed by atoms with Crippen LogP contribution in [0.2, 0.25) is 0 Å². The normalized spacial score (nSPS) is 21.7. The first-order valence-electron chi connectivity index (χ1n) is 20.2. The summed E-state index contributed by atoms with van der Waals surface area (Å²) in [4.78, 5) is 12.7. The maximum Gasteiger partial charge on any atom is 0.397 e. The first kappa shape index (κ1) is 50.6. The van der Waals surface area contributed by atoms with Crippen molar-refractivity contribution in [3.63, 3.8) is 0 Å². The zero-order chi connectivity index (χ0) is 40.4. The molecule has 1 aliphatic rings. The Morgan fingerprint density at radius 1 is 0.709 bits per heavy atom. The Kier molecular flexibility index (Phi) is 30.9. The molecule has 13 heteroatoms. The molecule has 0 aromatic rings.